The average molecular weight is 388 g/mol. The van der Waals surface area contributed by atoms with Gasteiger partial charge in [0.1, 0.15) is 19.0 Å². The van der Waals surface area contributed by atoms with E-state index in [1.165, 1.54) is 0 Å². The molecule has 2 N–H and O–H groups in total. The molecule has 0 radical (unpaired) electrons. The highest BCUT2D eigenvalue weighted by Gasteiger charge is 2.11. The van der Waals surface area contributed by atoms with Crippen LogP contribution in [0, 0.1) is 0 Å². The first kappa shape index (κ1) is 24.5. The summed E-state index contributed by atoms with van der Waals surface area (Å²) in [6.07, 6.45) is 0. The number of benzene rings is 1. The highest BCUT2D eigenvalue weighted by Crippen LogP contribution is 2.23. The fraction of sp³-hybridized carbons (Fsp3) is 0.632. The maximum absolute atomic E-state index is 12.1. The fourth-order valence-electron chi connectivity index (χ4n) is 2.52. The summed E-state index contributed by atoms with van der Waals surface area (Å²) in [5.41, 5.74) is 6.91. The summed E-state index contributed by atoms with van der Waals surface area (Å²) in [6.45, 7) is 14.8. The Morgan fingerprint density at radius 3 is 2.00 bits per heavy atom. The van der Waals surface area contributed by atoms with E-state index in [1.807, 2.05) is 0 Å². The molecular weight excluding hydrogens is 354 g/mol. The van der Waals surface area contributed by atoms with Crippen LogP contribution in [0.5, 0.6) is 5.75 Å². The molecule has 0 atom stereocenters. The van der Waals surface area contributed by atoms with Crippen LogP contribution in [0.2, 0.25) is 0 Å². The van der Waals surface area contributed by atoms with Crippen molar-refractivity contribution in [2.24, 2.45) is 0 Å². The molecule has 0 aliphatic heterocycles. The molecule has 0 fully saturated rings. The zero-order chi connectivity index (χ0) is 18.7. The van der Waals surface area contributed by atoms with Gasteiger partial charge in [-0.25, -0.2) is 4.79 Å². The van der Waals surface area contributed by atoms with E-state index in [0.717, 1.165) is 39.3 Å². The third kappa shape index (κ3) is 8.25. The van der Waals surface area contributed by atoms with Crippen LogP contribution in [-0.4, -0.2) is 68.3 Å². The van der Waals surface area contributed by atoms with E-state index in [-0.39, 0.29) is 18.4 Å². The first-order valence-electron chi connectivity index (χ1n) is 9.19. The lowest BCUT2D eigenvalue weighted by Gasteiger charge is -2.19. The van der Waals surface area contributed by atoms with Crippen molar-refractivity contribution in [3.05, 3.63) is 23.8 Å². The lowest BCUT2D eigenvalue weighted by molar-refractivity contribution is 0.0466. The first-order valence-corrected chi connectivity index (χ1v) is 9.19. The number of nitrogen functional groups attached to an aromatic ring is 1. The standard InChI is InChI=1S/C19H33N3O3.ClH/c1-5-21(6-2)11-13-24-18-10-9-16(15-17(18)20)19(23)25-14-12-22(7-3)8-4;/h9-10,15H,5-8,11-14,20H2,1-4H3;1H. The molecule has 0 amide bonds. The van der Waals surface area contributed by atoms with Crippen molar-refractivity contribution in [3.8, 4) is 5.75 Å². The first-order chi connectivity index (χ1) is 12.0. The third-order valence-corrected chi connectivity index (χ3v) is 4.34. The Hall–Kier alpha value is -1.50. The van der Waals surface area contributed by atoms with Crippen molar-refractivity contribution in [1.29, 1.82) is 0 Å². The summed E-state index contributed by atoms with van der Waals surface area (Å²) >= 11 is 0. The molecule has 0 spiro atoms. The number of nitrogens with two attached hydrogens (primary N) is 1. The Morgan fingerprint density at radius 1 is 0.962 bits per heavy atom. The van der Waals surface area contributed by atoms with E-state index in [4.69, 9.17) is 15.2 Å². The molecule has 0 saturated carbocycles. The third-order valence-electron chi connectivity index (χ3n) is 4.34. The van der Waals surface area contributed by atoms with Gasteiger partial charge in [-0.3, -0.25) is 0 Å². The highest BCUT2D eigenvalue weighted by atomic mass is 35.5. The molecule has 7 heteroatoms. The summed E-state index contributed by atoms with van der Waals surface area (Å²) in [6, 6.07) is 5.05. The van der Waals surface area contributed by atoms with Gasteiger partial charge in [0.2, 0.25) is 0 Å². The summed E-state index contributed by atoms with van der Waals surface area (Å²) in [5.74, 6) is 0.250. The van der Waals surface area contributed by atoms with Crippen LogP contribution >= 0.6 is 12.4 Å². The van der Waals surface area contributed by atoms with Gasteiger partial charge in [0.05, 0.1) is 11.3 Å². The van der Waals surface area contributed by atoms with E-state index >= 15 is 0 Å². The van der Waals surface area contributed by atoms with Crippen LogP contribution in [0.15, 0.2) is 18.2 Å². The van der Waals surface area contributed by atoms with Gasteiger partial charge in [0.15, 0.2) is 0 Å². The predicted molar refractivity (Wildman–Crippen MR) is 109 cm³/mol. The number of carbonyl (C=O) groups excluding carboxylic acids is 1. The Bertz CT molecular complexity index is 521. The quantitative estimate of drug-likeness (QED) is 0.439. The minimum Gasteiger partial charge on any atom is -0.490 e. The molecule has 26 heavy (non-hydrogen) atoms. The minimum atomic E-state index is -0.353. The molecule has 0 aromatic heterocycles. The number of hydrogen-bond donors (Lipinski definition) is 1. The van der Waals surface area contributed by atoms with E-state index in [1.54, 1.807) is 18.2 Å². The number of likely N-dealkylation sites (N-methyl/N-ethyl adjacent to an activating group) is 2. The van der Waals surface area contributed by atoms with Crippen molar-refractivity contribution in [1.82, 2.24) is 9.80 Å². The van der Waals surface area contributed by atoms with E-state index in [9.17, 15) is 4.79 Å². The smallest absolute Gasteiger partial charge is 0.338 e. The predicted octanol–water partition coefficient (Wildman–Crippen LogP) is 2.91. The summed E-state index contributed by atoms with van der Waals surface area (Å²) in [7, 11) is 0. The summed E-state index contributed by atoms with van der Waals surface area (Å²) < 4.78 is 11.0. The molecule has 0 saturated heterocycles. The SMILES string of the molecule is CCN(CC)CCOC(=O)c1ccc(OCCN(CC)CC)c(N)c1.Cl. The average Bonchev–Trinajstić information content (AvgIpc) is 2.63. The number of halogens is 1. The molecule has 0 unspecified atom stereocenters. The number of carbonyl (C=O) groups is 1. The minimum absolute atomic E-state index is 0. The Morgan fingerprint density at radius 2 is 1.50 bits per heavy atom. The fourth-order valence-corrected chi connectivity index (χ4v) is 2.52. The molecular formula is C19H34ClN3O3. The molecule has 0 aliphatic rings. The lowest BCUT2D eigenvalue weighted by Crippen LogP contribution is -2.28. The molecule has 1 aromatic rings. The van der Waals surface area contributed by atoms with Crippen LogP contribution in [0.3, 0.4) is 0 Å². The molecule has 0 aliphatic carbocycles. The lowest BCUT2D eigenvalue weighted by atomic mass is 10.2. The summed E-state index contributed by atoms with van der Waals surface area (Å²) in [5, 5.41) is 0. The van der Waals surface area contributed by atoms with Gasteiger partial charge in [-0.05, 0) is 44.4 Å². The Kier molecular flexibility index (Phi) is 12.9. The molecule has 150 valence electrons. The number of esters is 1. The van der Waals surface area contributed by atoms with Gasteiger partial charge < -0.3 is 25.0 Å². The molecule has 0 heterocycles. The normalized spacial score (nSPS) is 10.7. The van der Waals surface area contributed by atoms with Gasteiger partial charge in [-0.2, -0.15) is 0 Å². The zero-order valence-electron chi connectivity index (χ0n) is 16.5. The Labute approximate surface area is 164 Å². The largest absolute Gasteiger partial charge is 0.490 e. The zero-order valence-corrected chi connectivity index (χ0v) is 17.3. The summed E-state index contributed by atoms with van der Waals surface area (Å²) in [4.78, 5) is 16.6. The van der Waals surface area contributed by atoms with Gasteiger partial charge in [0.25, 0.3) is 0 Å². The van der Waals surface area contributed by atoms with Crippen LogP contribution in [0.25, 0.3) is 0 Å². The van der Waals surface area contributed by atoms with Crippen LogP contribution < -0.4 is 10.5 Å². The highest BCUT2D eigenvalue weighted by molar-refractivity contribution is 5.91. The van der Waals surface area contributed by atoms with Crippen LogP contribution in [0.4, 0.5) is 5.69 Å². The number of rotatable bonds is 12. The maximum atomic E-state index is 12.1. The van der Waals surface area contributed by atoms with Gasteiger partial charge in [0, 0.05) is 13.1 Å². The van der Waals surface area contributed by atoms with E-state index in [0.29, 0.717) is 30.2 Å². The van der Waals surface area contributed by atoms with E-state index < -0.39 is 0 Å². The second-order valence-electron chi connectivity index (χ2n) is 5.79. The van der Waals surface area contributed by atoms with Crippen LogP contribution in [-0.2, 0) is 4.74 Å². The number of anilines is 1. The van der Waals surface area contributed by atoms with Crippen molar-refractivity contribution in [2.75, 3.05) is 58.2 Å². The molecule has 1 aromatic carbocycles. The van der Waals surface area contributed by atoms with Crippen LogP contribution in [0.1, 0.15) is 38.1 Å². The van der Waals surface area contributed by atoms with Crippen molar-refractivity contribution in [3.63, 3.8) is 0 Å². The van der Waals surface area contributed by atoms with E-state index in [2.05, 4.69) is 37.5 Å². The second kappa shape index (κ2) is 13.7. The number of hydrogen-bond acceptors (Lipinski definition) is 6. The Balaban J connectivity index is 0.00000625. The topological polar surface area (TPSA) is 68.0 Å². The van der Waals surface area contributed by atoms with Crippen molar-refractivity contribution in [2.45, 2.75) is 27.7 Å². The maximum Gasteiger partial charge on any atom is 0.338 e. The van der Waals surface area contributed by atoms with Gasteiger partial charge in [-0.1, -0.05) is 27.7 Å². The van der Waals surface area contributed by atoms with Crippen molar-refractivity contribution < 1.29 is 14.3 Å². The molecule has 6 nitrogen and oxygen atoms in total. The molecule has 1 rings (SSSR count). The number of ether oxygens (including phenoxy) is 2. The monoisotopic (exact) mass is 387 g/mol. The van der Waals surface area contributed by atoms with Gasteiger partial charge >= 0.3 is 5.97 Å². The second-order valence-corrected chi connectivity index (χ2v) is 5.79. The van der Waals surface area contributed by atoms with Gasteiger partial charge in [-0.15, -0.1) is 12.4 Å². The van der Waals surface area contributed by atoms with Crippen molar-refractivity contribution >= 4 is 24.1 Å². The molecule has 0 bridgehead atoms. The number of nitrogens with zero attached hydrogens (tertiary/aromatic N) is 2.